The van der Waals surface area contributed by atoms with E-state index in [4.69, 9.17) is 78.8 Å². The first-order valence-corrected chi connectivity index (χ1v) is 47.4. The van der Waals surface area contributed by atoms with E-state index in [1.807, 2.05) is 174 Å². The van der Waals surface area contributed by atoms with Crippen molar-refractivity contribution in [2.45, 2.75) is 330 Å². The third kappa shape index (κ3) is 25.1. The number of nitrogens with zero attached hydrogens (tertiary/aromatic N) is 3. The molecule has 6 aliphatic rings. The van der Waals surface area contributed by atoms with Crippen molar-refractivity contribution in [1.29, 1.82) is 0 Å². The first-order valence-electron chi connectivity index (χ1n) is 47.0. The van der Waals surface area contributed by atoms with Gasteiger partial charge >= 0.3 is 30.3 Å². The van der Waals surface area contributed by atoms with E-state index >= 15 is 0 Å². The average molecular weight is 1780 g/mol. The monoisotopic (exact) mass is 1780 g/mol. The molecule has 11 rings (SSSR count). The highest BCUT2D eigenvalue weighted by Crippen LogP contribution is 2.59. The van der Waals surface area contributed by atoms with Crippen molar-refractivity contribution in [2.24, 2.45) is 34.0 Å². The number of hydrogen-bond donors (Lipinski definition) is 2. The van der Waals surface area contributed by atoms with Crippen molar-refractivity contribution >= 4 is 59.1 Å². The molecule has 0 saturated carbocycles. The zero-order valence-corrected chi connectivity index (χ0v) is 80.6. The lowest BCUT2D eigenvalue weighted by Crippen LogP contribution is -2.74. The van der Waals surface area contributed by atoms with Crippen LogP contribution >= 0.6 is 12.2 Å². The van der Waals surface area contributed by atoms with Crippen LogP contribution in [-0.4, -0.2) is 161 Å². The van der Waals surface area contributed by atoms with Crippen LogP contribution < -0.4 is 10.6 Å². The number of hydrogen-bond acceptors (Lipinski definition) is 23. The molecule has 0 aliphatic carbocycles. The number of piperidine rings is 3. The minimum Gasteiger partial charge on any atom is -0.470 e. The first kappa shape index (κ1) is 103. The number of hydroxylamine groups is 6. The number of carbonyl (C=O) groups is 5. The topological polar surface area (TPSA) is 248 Å². The molecule has 24 nitrogen and oxygen atoms in total. The van der Waals surface area contributed by atoms with Gasteiger partial charge in [-0.25, -0.2) is 19.2 Å². The Balaban J connectivity index is 0.000000215. The van der Waals surface area contributed by atoms with Crippen LogP contribution in [-0.2, 0) is 95.8 Å². The van der Waals surface area contributed by atoms with Gasteiger partial charge in [0.05, 0.1) is 95.5 Å². The molecule has 6 saturated heterocycles. The van der Waals surface area contributed by atoms with E-state index in [9.17, 15) is 24.0 Å². The molecular formula is C102H151N5O19S. The van der Waals surface area contributed by atoms with E-state index in [1.54, 1.807) is 0 Å². The lowest BCUT2D eigenvalue weighted by atomic mass is 9.66. The average Bonchev–Trinajstić information content (AvgIpc) is 0.720. The minimum atomic E-state index is -0.907. The summed E-state index contributed by atoms with van der Waals surface area (Å²) in [4.78, 5) is 82.6. The van der Waals surface area contributed by atoms with Crippen LogP contribution in [0, 0.1) is 34.0 Å². The Bertz CT molecular complexity index is 4230. The molecule has 6 aliphatic heterocycles. The maximum atomic E-state index is 13.2. The molecule has 0 radical (unpaired) electrons. The molecule has 5 aromatic rings. The highest BCUT2D eigenvalue weighted by Gasteiger charge is 2.68. The molecule has 704 valence electrons. The molecule has 0 bridgehead atoms. The van der Waals surface area contributed by atoms with Crippen LogP contribution in [0.5, 0.6) is 0 Å². The van der Waals surface area contributed by atoms with Crippen molar-refractivity contribution < 1.29 is 90.6 Å². The van der Waals surface area contributed by atoms with Gasteiger partial charge in [0, 0.05) is 54.8 Å². The van der Waals surface area contributed by atoms with Crippen LogP contribution in [0.4, 0.5) is 25.8 Å². The summed E-state index contributed by atoms with van der Waals surface area (Å²) in [6.45, 7) is 43.9. The van der Waals surface area contributed by atoms with Crippen molar-refractivity contribution in [3.63, 3.8) is 0 Å². The Labute approximate surface area is 763 Å². The summed E-state index contributed by atoms with van der Waals surface area (Å²) in [5.41, 5.74) is -0.123. The molecule has 2 N–H and O–H groups in total. The zero-order valence-electron chi connectivity index (χ0n) is 79.8. The molecule has 9 atom stereocenters. The Morgan fingerprint density at radius 3 is 1.06 bits per heavy atom. The highest BCUT2D eigenvalue weighted by atomic mass is 32.1. The van der Waals surface area contributed by atoms with E-state index in [0.29, 0.717) is 102 Å². The Kier molecular flexibility index (Phi) is 37.1. The van der Waals surface area contributed by atoms with E-state index < -0.39 is 79.8 Å². The van der Waals surface area contributed by atoms with Crippen LogP contribution in [0.1, 0.15) is 277 Å². The third-order valence-electron chi connectivity index (χ3n) is 29.6. The fourth-order valence-corrected chi connectivity index (χ4v) is 19.0. The Morgan fingerprint density at radius 2 is 0.685 bits per heavy atom. The lowest BCUT2D eigenvalue weighted by molar-refractivity contribution is -0.403. The van der Waals surface area contributed by atoms with Gasteiger partial charge in [-0.05, 0) is 159 Å². The molecule has 5 aromatic carbocycles. The molecule has 9 unspecified atom stereocenters. The molecular weight excluding hydrogens is 1630 g/mol. The van der Waals surface area contributed by atoms with Crippen LogP contribution in [0.15, 0.2) is 152 Å². The SMILES string of the molecule is CCC1(COC(=O)Nc2ccccc2)COC2(CC(C)(CC)N(OC(=O)Cc3ccccc3)C(C)(CC)C2C)OC1.CCC1(COC(=O)OCc2ccccc2)COC2(CC(C)(CC)N(OC(=O)OCc3ccccc3)C(C)(CC)C2C)OC1.CCCCCCCCCC(=O)ON1C(C)(CC)CC2(OCC(CC)(COC(=S)Nc3ccccc3)CO2)C(C)C1(C)CC. The van der Waals surface area contributed by atoms with Crippen LogP contribution in [0.3, 0.4) is 0 Å². The van der Waals surface area contributed by atoms with Crippen LogP contribution in [0.2, 0.25) is 0 Å². The minimum absolute atomic E-state index is 0.0346. The van der Waals surface area contributed by atoms with Gasteiger partial charge in [-0.1, -0.05) is 256 Å². The molecule has 6 heterocycles. The number of unbranched alkanes of at least 4 members (excludes halogenated alkanes) is 6. The van der Waals surface area contributed by atoms with Gasteiger partial charge < -0.3 is 71.9 Å². The van der Waals surface area contributed by atoms with Crippen molar-refractivity contribution in [3.05, 3.63) is 168 Å². The zero-order chi connectivity index (χ0) is 92.4. The van der Waals surface area contributed by atoms with Crippen molar-refractivity contribution in [1.82, 2.24) is 15.2 Å². The normalized spacial score (nSPS) is 31.3. The molecule has 1 amide bonds. The summed E-state index contributed by atoms with van der Waals surface area (Å²) in [6, 6.07) is 47.7. The van der Waals surface area contributed by atoms with Gasteiger partial charge in [-0.3, -0.25) is 10.1 Å². The number of amides is 1. The second kappa shape index (κ2) is 45.8. The number of thiocarbonyl (C=S) groups is 1. The van der Waals surface area contributed by atoms with Crippen molar-refractivity contribution in [2.75, 3.05) is 70.1 Å². The highest BCUT2D eigenvalue weighted by molar-refractivity contribution is 7.80. The van der Waals surface area contributed by atoms with Gasteiger partial charge in [0.25, 0.3) is 5.17 Å². The van der Waals surface area contributed by atoms with Gasteiger partial charge in [-0.2, -0.15) is 0 Å². The van der Waals surface area contributed by atoms with Crippen molar-refractivity contribution in [3.8, 4) is 0 Å². The number of anilines is 2. The second-order valence-corrected chi connectivity index (χ2v) is 38.4. The molecule has 3 spiro atoms. The maximum absolute atomic E-state index is 13.2. The standard InChI is InChI=1S/C35H58N2O5S.C34H47NO8.C33H46N2O6/c1-8-12-13-14-15-16-20-23-30(38)42-37-32(6,9-2)24-35(28(5)33(37,7)10-3)40-26-34(11-4,27-41-35)25-39-31(43)36-29-21-18-17-19-22-29;1-7-31(5)22-34(26(4)32(6,8-2)35(31)43-30(37)39-21-28-18-14-11-15-19-28)41-24-33(9-3,25-42-34)23-40-29(36)38-20-27-16-12-10-13-17-27;1-7-30(5)21-33(25(4)31(6,8-2)35(30)41-28(36)20-26-16-12-10-13-17-26)39-23-32(9-3,24-40-33)22-38-29(37)34-27-18-14-11-15-19-27/h17-19,21-22,28H,8-16,20,23-27H2,1-7H3,(H,36,43);10-19,26H,7-9,20-25H2,1-6H3;10-19,25H,7-9,20-24H2,1-6H3,(H,34,37). The lowest BCUT2D eigenvalue weighted by Gasteiger charge is -2.63. The van der Waals surface area contributed by atoms with Gasteiger partial charge in [0.2, 0.25) is 0 Å². The van der Waals surface area contributed by atoms with Crippen LogP contribution in [0.25, 0.3) is 0 Å². The van der Waals surface area contributed by atoms with Gasteiger partial charge in [0.15, 0.2) is 17.4 Å². The number of ether oxygens (including phenoxy) is 11. The molecule has 25 heteroatoms. The van der Waals surface area contributed by atoms with Gasteiger partial charge in [-0.15, -0.1) is 15.2 Å². The third-order valence-corrected chi connectivity index (χ3v) is 29.8. The summed E-state index contributed by atoms with van der Waals surface area (Å²) in [7, 11) is 0. The summed E-state index contributed by atoms with van der Waals surface area (Å²) in [6.07, 6.45) is 15.3. The Hall–Kier alpha value is -7.82. The first-order chi connectivity index (χ1) is 60.6. The summed E-state index contributed by atoms with van der Waals surface area (Å²) < 4.78 is 68.4. The quantitative estimate of drug-likeness (QED) is 0.0168. The predicted octanol–water partition coefficient (Wildman–Crippen LogP) is 23.0. The molecule has 0 aromatic heterocycles. The van der Waals surface area contributed by atoms with E-state index in [-0.39, 0.29) is 68.0 Å². The van der Waals surface area contributed by atoms with E-state index in [2.05, 4.69) is 135 Å². The fraction of sp³-hybridized carbons (Fsp3) is 0.647. The van der Waals surface area contributed by atoms with E-state index in [1.165, 1.54) is 32.1 Å². The maximum Gasteiger partial charge on any atom is 0.528 e. The number of carbonyl (C=O) groups excluding carboxylic acids is 5. The number of para-hydroxylation sites is 2. The number of rotatable bonds is 34. The molecule has 6 fully saturated rings. The number of nitrogens with one attached hydrogen (secondary N) is 2. The fourth-order valence-electron chi connectivity index (χ4n) is 18.8. The Morgan fingerprint density at radius 1 is 0.362 bits per heavy atom. The molecule has 127 heavy (non-hydrogen) atoms. The second-order valence-electron chi connectivity index (χ2n) is 38.0. The summed E-state index contributed by atoms with van der Waals surface area (Å²) >= 11 is 5.47. The van der Waals surface area contributed by atoms with Gasteiger partial charge in [0.1, 0.15) is 33.0 Å². The smallest absolute Gasteiger partial charge is 0.470 e. The summed E-state index contributed by atoms with van der Waals surface area (Å²) in [5.74, 6) is -3.27. The summed E-state index contributed by atoms with van der Waals surface area (Å²) in [5, 5.41) is 12.0. The largest absolute Gasteiger partial charge is 0.528 e. The number of benzene rings is 5. The van der Waals surface area contributed by atoms with E-state index in [0.717, 1.165) is 73.7 Å². The predicted molar refractivity (Wildman–Crippen MR) is 496 cm³/mol.